The maximum atomic E-state index is 12.3. The van der Waals surface area contributed by atoms with Crippen LogP contribution in [0.15, 0.2) is 36.4 Å². The van der Waals surface area contributed by atoms with E-state index in [2.05, 4.69) is 10.2 Å². The van der Waals surface area contributed by atoms with E-state index >= 15 is 0 Å². The Hall–Kier alpha value is -3.34. The quantitative estimate of drug-likeness (QED) is 0.662. The molecule has 3 rings (SSSR count). The lowest BCUT2D eigenvalue weighted by atomic mass is 10.1. The van der Waals surface area contributed by atoms with Crippen molar-refractivity contribution >= 4 is 33.6 Å². The zero-order chi connectivity index (χ0) is 20.5. The Morgan fingerprint density at radius 2 is 1.64 bits per heavy atom. The Kier molecular flexibility index (Phi) is 5.10. The standard InChI is InChI=1S/C17H17N5O5S/c1-21(2)14-8-7-13(18-19-14)15(23)20-28(26,27)10-9-22-16(24)11-5-3-4-6-12(11)17(22)25/h3-8H,9-10H2,1-2H3,(H,20,23). The molecule has 0 fully saturated rings. The highest BCUT2D eigenvalue weighted by atomic mass is 32.2. The van der Waals surface area contributed by atoms with Gasteiger partial charge in [0.1, 0.15) is 0 Å². The van der Waals surface area contributed by atoms with Crippen LogP contribution >= 0.6 is 0 Å². The van der Waals surface area contributed by atoms with Gasteiger partial charge in [0.15, 0.2) is 11.5 Å². The fourth-order valence-corrected chi connectivity index (χ4v) is 3.50. The Bertz CT molecular complexity index is 1010. The van der Waals surface area contributed by atoms with Crippen LogP contribution in [0.5, 0.6) is 0 Å². The SMILES string of the molecule is CN(C)c1ccc(C(=O)NS(=O)(=O)CCN2C(=O)c3ccccc3C2=O)nn1. The van der Waals surface area contributed by atoms with Crippen molar-refractivity contribution in [2.45, 2.75) is 0 Å². The number of rotatable bonds is 6. The summed E-state index contributed by atoms with van der Waals surface area (Å²) >= 11 is 0. The van der Waals surface area contributed by atoms with Crippen molar-refractivity contribution in [3.63, 3.8) is 0 Å². The molecule has 0 bridgehead atoms. The maximum absolute atomic E-state index is 12.3. The van der Waals surface area contributed by atoms with E-state index in [4.69, 9.17) is 0 Å². The van der Waals surface area contributed by atoms with Gasteiger partial charge in [-0.3, -0.25) is 19.3 Å². The van der Waals surface area contributed by atoms with Gasteiger partial charge in [0.25, 0.3) is 17.7 Å². The lowest BCUT2D eigenvalue weighted by Gasteiger charge is -2.14. The molecule has 146 valence electrons. The van der Waals surface area contributed by atoms with Crippen molar-refractivity contribution in [1.82, 2.24) is 19.8 Å². The van der Waals surface area contributed by atoms with Crippen molar-refractivity contribution in [2.75, 3.05) is 31.3 Å². The number of aromatic nitrogens is 2. The summed E-state index contributed by atoms with van der Waals surface area (Å²) in [6, 6.07) is 9.11. The van der Waals surface area contributed by atoms with Gasteiger partial charge in [0.2, 0.25) is 10.0 Å². The molecule has 0 unspecified atom stereocenters. The smallest absolute Gasteiger partial charge is 0.285 e. The summed E-state index contributed by atoms with van der Waals surface area (Å²) in [7, 11) is -0.614. The fourth-order valence-electron chi connectivity index (χ4n) is 2.58. The summed E-state index contributed by atoms with van der Waals surface area (Å²) in [5, 5.41) is 7.49. The highest BCUT2D eigenvalue weighted by Crippen LogP contribution is 2.22. The Morgan fingerprint density at radius 3 is 2.14 bits per heavy atom. The molecule has 1 aromatic heterocycles. The topological polar surface area (TPSA) is 130 Å². The first-order valence-corrected chi connectivity index (χ1v) is 9.86. The van der Waals surface area contributed by atoms with Crippen LogP contribution in [-0.4, -0.2) is 67.6 Å². The van der Waals surface area contributed by atoms with Gasteiger partial charge in [-0.2, -0.15) is 0 Å². The molecule has 1 aliphatic rings. The highest BCUT2D eigenvalue weighted by Gasteiger charge is 2.35. The summed E-state index contributed by atoms with van der Waals surface area (Å²) in [6.07, 6.45) is 0. The Balaban J connectivity index is 1.64. The molecule has 1 aliphatic heterocycles. The molecule has 0 saturated carbocycles. The third kappa shape index (κ3) is 3.83. The number of carbonyl (C=O) groups excluding carboxylic acids is 3. The monoisotopic (exact) mass is 403 g/mol. The first-order chi connectivity index (χ1) is 13.2. The third-order valence-corrected chi connectivity index (χ3v) is 5.27. The zero-order valence-electron chi connectivity index (χ0n) is 15.1. The molecule has 1 aromatic carbocycles. The Morgan fingerprint density at radius 1 is 1.04 bits per heavy atom. The number of benzene rings is 1. The molecule has 0 radical (unpaired) electrons. The van der Waals surface area contributed by atoms with Gasteiger partial charge in [-0.05, 0) is 24.3 Å². The highest BCUT2D eigenvalue weighted by molar-refractivity contribution is 7.90. The van der Waals surface area contributed by atoms with Gasteiger partial charge in [0.05, 0.1) is 16.9 Å². The number of carbonyl (C=O) groups is 3. The number of amides is 3. The second-order valence-electron chi connectivity index (χ2n) is 6.23. The summed E-state index contributed by atoms with van der Waals surface area (Å²) in [6.45, 7) is -0.375. The first kappa shape index (κ1) is 19.4. The van der Waals surface area contributed by atoms with Gasteiger partial charge in [0, 0.05) is 20.6 Å². The van der Waals surface area contributed by atoms with E-state index in [1.807, 2.05) is 4.72 Å². The number of fused-ring (bicyclic) bond motifs is 1. The van der Waals surface area contributed by atoms with Gasteiger partial charge in [-0.15, -0.1) is 10.2 Å². The molecule has 1 N–H and O–H groups in total. The number of imide groups is 1. The van der Waals surface area contributed by atoms with E-state index in [0.717, 1.165) is 4.90 Å². The maximum Gasteiger partial charge on any atom is 0.285 e. The lowest BCUT2D eigenvalue weighted by molar-refractivity contribution is 0.0664. The van der Waals surface area contributed by atoms with Crippen LogP contribution in [0.25, 0.3) is 0 Å². The number of nitrogens with zero attached hydrogens (tertiary/aromatic N) is 4. The molecule has 0 aliphatic carbocycles. The minimum Gasteiger partial charge on any atom is -0.361 e. The van der Waals surface area contributed by atoms with Crippen molar-refractivity contribution in [3.8, 4) is 0 Å². The number of sulfonamides is 1. The minimum atomic E-state index is -4.10. The van der Waals surface area contributed by atoms with Crippen molar-refractivity contribution in [1.29, 1.82) is 0 Å². The largest absolute Gasteiger partial charge is 0.361 e. The normalized spacial score (nSPS) is 13.4. The van der Waals surface area contributed by atoms with Gasteiger partial charge < -0.3 is 4.90 Å². The average Bonchev–Trinajstić information content (AvgIpc) is 2.90. The fraction of sp³-hybridized carbons (Fsp3) is 0.235. The van der Waals surface area contributed by atoms with Crippen molar-refractivity contribution < 1.29 is 22.8 Å². The van der Waals surface area contributed by atoms with E-state index in [1.165, 1.54) is 24.3 Å². The van der Waals surface area contributed by atoms with Gasteiger partial charge in [-0.25, -0.2) is 13.1 Å². The van der Waals surface area contributed by atoms with Crippen LogP contribution in [0.1, 0.15) is 31.2 Å². The molecular weight excluding hydrogens is 386 g/mol. The van der Waals surface area contributed by atoms with E-state index < -0.39 is 33.5 Å². The molecule has 2 aromatic rings. The predicted octanol–water partition coefficient (Wildman–Crippen LogP) is -0.102. The van der Waals surface area contributed by atoms with E-state index in [9.17, 15) is 22.8 Å². The second kappa shape index (κ2) is 7.35. The number of anilines is 1. The van der Waals surface area contributed by atoms with Crippen LogP contribution < -0.4 is 9.62 Å². The van der Waals surface area contributed by atoms with E-state index in [0.29, 0.717) is 5.82 Å². The number of nitrogens with one attached hydrogen (secondary N) is 1. The summed E-state index contributed by atoms with van der Waals surface area (Å²) < 4.78 is 26.3. The average molecular weight is 403 g/mol. The lowest BCUT2D eigenvalue weighted by Crippen LogP contribution is -2.39. The van der Waals surface area contributed by atoms with Gasteiger partial charge in [-0.1, -0.05) is 12.1 Å². The second-order valence-corrected chi connectivity index (χ2v) is 8.07. The third-order valence-electron chi connectivity index (χ3n) is 4.05. The van der Waals surface area contributed by atoms with Crippen LogP contribution in [0.2, 0.25) is 0 Å². The molecule has 11 heteroatoms. The summed E-state index contributed by atoms with van der Waals surface area (Å²) in [5.74, 6) is -2.18. The molecule has 2 heterocycles. The first-order valence-electron chi connectivity index (χ1n) is 8.21. The minimum absolute atomic E-state index is 0.171. The van der Waals surface area contributed by atoms with Crippen LogP contribution in [0.4, 0.5) is 5.82 Å². The van der Waals surface area contributed by atoms with Crippen LogP contribution in [0.3, 0.4) is 0 Å². The molecule has 0 spiro atoms. The molecule has 0 saturated heterocycles. The summed E-state index contributed by atoms with van der Waals surface area (Å²) in [5.41, 5.74) is 0.283. The summed E-state index contributed by atoms with van der Waals surface area (Å²) in [4.78, 5) is 39.1. The van der Waals surface area contributed by atoms with Crippen LogP contribution in [-0.2, 0) is 10.0 Å². The number of hydrogen-bond donors (Lipinski definition) is 1. The van der Waals surface area contributed by atoms with Gasteiger partial charge >= 0.3 is 0 Å². The molecule has 28 heavy (non-hydrogen) atoms. The molecular formula is C17H17N5O5S. The van der Waals surface area contributed by atoms with E-state index in [1.54, 1.807) is 31.1 Å². The molecule has 10 nitrogen and oxygen atoms in total. The molecule has 0 atom stereocenters. The predicted molar refractivity (Wildman–Crippen MR) is 99.4 cm³/mol. The van der Waals surface area contributed by atoms with Crippen LogP contribution in [0, 0.1) is 0 Å². The number of hydrogen-bond acceptors (Lipinski definition) is 8. The Labute approximate surface area is 161 Å². The zero-order valence-corrected chi connectivity index (χ0v) is 15.9. The molecule has 3 amide bonds. The van der Waals surface area contributed by atoms with E-state index in [-0.39, 0.29) is 23.4 Å². The van der Waals surface area contributed by atoms with Crippen molar-refractivity contribution in [2.24, 2.45) is 0 Å². The van der Waals surface area contributed by atoms with Crippen molar-refractivity contribution in [3.05, 3.63) is 53.2 Å².